The van der Waals surface area contributed by atoms with Crippen molar-refractivity contribution in [3.05, 3.63) is 35.4 Å². The highest BCUT2D eigenvalue weighted by atomic mass is 16.3. The Kier molecular flexibility index (Phi) is 4.63. The topological polar surface area (TPSA) is 60.9 Å². The molecule has 1 saturated heterocycles. The van der Waals surface area contributed by atoms with Gasteiger partial charge in [-0.1, -0.05) is 24.3 Å². The standard InChI is InChI=1S/C19H26N2O3/c1-14(22)17(23)20-10-12-21(13-11-20)18(24)19(2)9-5-7-15-6-3-4-8-16(15)19/h3-4,6,8,14,22H,5,7,9-13H2,1-2H3. The van der Waals surface area contributed by atoms with Gasteiger partial charge in [0, 0.05) is 26.2 Å². The summed E-state index contributed by atoms with van der Waals surface area (Å²) < 4.78 is 0. The molecule has 3 rings (SSSR count). The lowest BCUT2D eigenvalue weighted by atomic mass is 9.70. The van der Waals surface area contributed by atoms with Gasteiger partial charge < -0.3 is 14.9 Å². The first-order valence-corrected chi connectivity index (χ1v) is 8.78. The first-order valence-electron chi connectivity index (χ1n) is 8.78. The van der Waals surface area contributed by atoms with Crippen LogP contribution >= 0.6 is 0 Å². The van der Waals surface area contributed by atoms with Gasteiger partial charge in [0.25, 0.3) is 5.91 Å². The molecule has 1 heterocycles. The Morgan fingerprint density at radius 1 is 1.12 bits per heavy atom. The van der Waals surface area contributed by atoms with Crippen LogP contribution in [0.15, 0.2) is 24.3 Å². The van der Waals surface area contributed by atoms with Gasteiger partial charge in [-0.2, -0.15) is 0 Å². The van der Waals surface area contributed by atoms with E-state index in [1.165, 1.54) is 12.5 Å². The minimum atomic E-state index is -0.977. The smallest absolute Gasteiger partial charge is 0.251 e. The van der Waals surface area contributed by atoms with Gasteiger partial charge in [0.05, 0.1) is 5.41 Å². The molecule has 1 aliphatic heterocycles. The first-order chi connectivity index (χ1) is 11.4. The average Bonchev–Trinajstić information content (AvgIpc) is 2.61. The zero-order valence-corrected chi connectivity index (χ0v) is 14.5. The van der Waals surface area contributed by atoms with Gasteiger partial charge in [0.1, 0.15) is 6.10 Å². The summed E-state index contributed by atoms with van der Waals surface area (Å²) in [7, 11) is 0. The van der Waals surface area contributed by atoms with Crippen molar-refractivity contribution in [3.8, 4) is 0 Å². The second-order valence-electron chi connectivity index (χ2n) is 7.14. The molecule has 5 heteroatoms. The van der Waals surface area contributed by atoms with Crippen molar-refractivity contribution in [1.82, 2.24) is 9.80 Å². The van der Waals surface area contributed by atoms with Crippen LogP contribution in [-0.4, -0.2) is 59.0 Å². The first kappa shape index (κ1) is 17.0. The molecule has 1 aromatic carbocycles. The number of rotatable bonds is 2. The van der Waals surface area contributed by atoms with Crippen LogP contribution in [-0.2, 0) is 21.4 Å². The third kappa shape index (κ3) is 2.93. The van der Waals surface area contributed by atoms with Crippen LogP contribution in [0.2, 0.25) is 0 Å². The van der Waals surface area contributed by atoms with E-state index in [-0.39, 0.29) is 11.8 Å². The SMILES string of the molecule is CC(O)C(=O)N1CCN(C(=O)C2(C)CCCc3ccccc32)CC1. The van der Waals surface area contributed by atoms with Crippen LogP contribution in [0.25, 0.3) is 0 Å². The zero-order chi connectivity index (χ0) is 17.3. The highest BCUT2D eigenvalue weighted by Gasteiger charge is 2.42. The summed E-state index contributed by atoms with van der Waals surface area (Å²) in [5.41, 5.74) is 1.97. The average molecular weight is 330 g/mol. The fourth-order valence-corrected chi connectivity index (χ4v) is 4.01. The summed E-state index contributed by atoms with van der Waals surface area (Å²) in [5, 5.41) is 9.43. The summed E-state index contributed by atoms with van der Waals surface area (Å²) in [6, 6.07) is 8.25. The maximum Gasteiger partial charge on any atom is 0.251 e. The summed E-state index contributed by atoms with van der Waals surface area (Å²) in [5.74, 6) is -0.0879. The van der Waals surface area contributed by atoms with Crippen LogP contribution in [0, 0.1) is 0 Å². The Hall–Kier alpha value is -1.88. The fourth-order valence-electron chi connectivity index (χ4n) is 4.01. The van der Waals surface area contributed by atoms with Gasteiger partial charge >= 0.3 is 0 Å². The number of benzene rings is 1. The molecule has 1 fully saturated rings. The van der Waals surface area contributed by atoms with E-state index in [0.29, 0.717) is 26.2 Å². The van der Waals surface area contributed by atoms with E-state index >= 15 is 0 Å². The predicted octanol–water partition coefficient (Wildman–Crippen LogP) is 1.33. The predicted molar refractivity (Wildman–Crippen MR) is 91.6 cm³/mol. The quantitative estimate of drug-likeness (QED) is 0.890. The molecule has 5 nitrogen and oxygen atoms in total. The van der Waals surface area contributed by atoms with E-state index in [4.69, 9.17) is 0 Å². The van der Waals surface area contributed by atoms with Crippen molar-refractivity contribution in [1.29, 1.82) is 0 Å². The molecule has 1 aliphatic carbocycles. The molecule has 0 bridgehead atoms. The molecule has 130 valence electrons. The molecule has 24 heavy (non-hydrogen) atoms. The molecular formula is C19H26N2O3. The highest BCUT2D eigenvalue weighted by molar-refractivity contribution is 5.89. The minimum absolute atomic E-state index is 0.166. The number of fused-ring (bicyclic) bond motifs is 1. The number of carbonyl (C=O) groups is 2. The fraction of sp³-hybridized carbons (Fsp3) is 0.579. The van der Waals surface area contributed by atoms with Crippen LogP contribution < -0.4 is 0 Å². The summed E-state index contributed by atoms with van der Waals surface area (Å²) in [6.45, 7) is 5.60. The maximum absolute atomic E-state index is 13.2. The number of aryl methyl sites for hydroxylation is 1. The molecule has 1 aromatic rings. The van der Waals surface area contributed by atoms with Crippen molar-refractivity contribution >= 4 is 11.8 Å². The molecule has 0 aromatic heterocycles. The third-order valence-corrected chi connectivity index (χ3v) is 5.44. The van der Waals surface area contributed by atoms with Crippen molar-refractivity contribution in [2.24, 2.45) is 0 Å². The second kappa shape index (κ2) is 6.55. The molecule has 2 amide bonds. The van der Waals surface area contributed by atoms with E-state index < -0.39 is 11.5 Å². The van der Waals surface area contributed by atoms with E-state index in [0.717, 1.165) is 24.8 Å². The van der Waals surface area contributed by atoms with Crippen molar-refractivity contribution < 1.29 is 14.7 Å². The molecule has 0 saturated carbocycles. The van der Waals surface area contributed by atoms with Crippen LogP contribution in [0.3, 0.4) is 0 Å². The number of amides is 2. The van der Waals surface area contributed by atoms with Crippen molar-refractivity contribution in [2.45, 2.75) is 44.6 Å². The number of piperazine rings is 1. The molecule has 2 unspecified atom stereocenters. The van der Waals surface area contributed by atoms with Crippen molar-refractivity contribution in [3.63, 3.8) is 0 Å². The van der Waals surface area contributed by atoms with Gasteiger partial charge in [0.15, 0.2) is 0 Å². The Balaban J connectivity index is 1.73. The molecular weight excluding hydrogens is 304 g/mol. The maximum atomic E-state index is 13.2. The van der Waals surface area contributed by atoms with E-state index in [2.05, 4.69) is 19.1 Å². The highest BCUT2D eigenvalue weighted by Crippen LogP contribution is 2.38. The Morgan fingerprint density at radius 3 is 2.42 bits per heavy atom. The van der Waals surface area contributed by atoms with Gasteiger partial charge in [0.2, 0.25) is 5.91 Å². The number of carbonyl (C=O) groups excluding carboxylic acids is 2. The Labute approximate surface area is 143 Å². The number of nitrogens with zero attached hydrogens (tertiary/aromatic N) is 2. The van der Waals surface area contributed by atoms with E-state index in [9.17, 15) is 14.7 Å². The normalized spacial score (nSPS) is 25.1. The summed E-state index contributed by atoms with van der Waals surface area (Å²) >= 11 is 0. The number of aliphatic hydroxyl groups excluding tert-OH is 1. The molecule has 2 aliphatic rings. The number of hydrogen-bond donors (Lipinski definition) is 1. The number of aliphatic hydroxyl groups is 1. The summed E-state index contributed by atoms with van der Waals surface area (Å²) in [4.78, 5) is 28.6. The summed E-state index contributed by atoms with van der Waals surface area (Å²) in [6.07, 6.45) is 1.96. The lowest BCUT2D eigenvalue weighted by molar-refractivity contribution is -0.147. The molecule has 1 N–H and O–H groups in total. The van der Waals surface area contributed by atoms with Gasteiger partial charge in [-0.3, -0.25) is 9.59 Å². The van der Waals surface area contributed by atoms with Crippen molar-refractivity contribution in [2.75, 3.05) is 26.2 Å². The van der Waals surface area contributed by atoms with Gasteiger partial charge in [-0.05, 0) is 44.2 Å². The Bertz CT molecular complexity index is 635. The lowest BCUT2D eigenvalue weighted by Gasteiger charge is -2.42. The lowest BCUT2D eigenvalue weighted by Crippen LogP contribution is -2.56. The largest absolute Gasteiger partial charge is 0.384 e. The van der Waals surface area contributed by atoms with E-state index in [1.807, 2.05) is 17.0 Å². The molecule has 2 atom stereocenters. The van der Waals surface area contributed by atoms with E-state index in [1.54, 1.807) is 4.90 Å². The monoisotopic (exact) mass is 330 g/mol. The Morgan fingerprint density at radius 2 is 1.75 bits per heavy atom. The molecule has 0 spiro atoms. The number of hydrogen-bond acceptors (Lipinski definition) is 3. The second-order valence-corrected chi connectivity index (χ2v) is 7.14. The van der Waals surface area contributed by atoms with Crippen LogP contribution in [0.5, 0.6) is 0 Å². The van der Waals surface area contributed by atoms with Crippen LogP contribution in [0.1, 0.15) is 37.8 Å². The van der Waals surface area contributed by atoms with Gasteiger partial charge in [-0.25, -0.2) is 0 Å². The minimum Gasteiger partial charge on any atom is -0.384 e. The zero-order valence-electron chi connectivity index (χ0n) is 14.5. The van der Waals surface area contributed by atoms with Gasteiger partial charge in [-0.15, -0.1) is 0 Å². The third-order valence-electron chi connectivity index (χ3n) is 5.44. The molecule has 0 radical (unpaired) electrons. The van der Waals surface area contributed by atoms with Crippen LogP contribution in [0.4, 0.5) is 0 Å².